The molecule has 17 heavy (non-hydrogen) atoms. The molecule has 0 amide bonds. The second-order valence-electron chi connectivity index (χ2n) is 3.24. The average molecular weight is 267 g/mol. The average Bonchev–Trinajstić information content (AvgIpc) is 2.20. The Kier molecular flexibility index (Phi) is 5.80. The molecule has 0 heterocycles. The third kappa shape index (κ3) is 3.52. The van der Waals surface area contributed by atoms with Crippen molar-refractivity contribution in [2.45, 2.75) is 12.5 Å². The molecule has 0 aliphatic carbocycles. The highest BCUT2D eigenvalue weighted by molar-refractivity contribution is 5.85. The van der Waals surface area contributed by atoms with Crippen LogP contribution in [0.3, 0.4) is 0 Å². The van der Waals surface area contributed by atoms with Gasteiger partial charge in [0, 0.05) is 18.2 Å². The standard InChI is InChI=1S/C9H11FN2O4.ClH/c10-5-3-6(7(11)1-2-13)9(14)8(4-5)12(15)16;/h3-4,7,13-14H,1-2,11H2;1H/t7-;/m0./s1. The number of nitro benzene ring substituents is 1. The van der Waals surface area contributed by atoms with Crippen molar-refractivity contribution in [2.24, 2.45) is 5.73 Å². The van der Waals surface area contributed by atoms with Gasteiger partial charge in [0.05, 0.1) is 11.0 Å². The van der Waals surface area contributed by atoms with Gasteiger partial charge in [-0.1, -0.05) is 0 Å². The number of nitrogens with zero attached hydrogens (tertiary/aromatic N) is 1. The van der Waals surface area contributed by atoms with Crippen LogP contribution in [-0.2, 0) is 0 Å². The Bertz CT molecular complexity index is 416. The normalized spacial score (nSPS) is 11.7. The van der Waals surface area contributed by atoms with Gasteiger partial charge in [0.1, 0.15) is 5.82 Å². The van der Waals surface area contributed by atoms with E-state index in [1.54, 1.807) is 0 Å². The summed E-state index contributed by atoms with van der Waals surface area (Å²) < 4.78 is 13.0. The van der Waals surface area contributed by atoms with Crippen LogP contribution in [0.1, 0.15) is 18.0 Å². The summed E-state index contributed by atoms with van der Waals surface area (Å²) in [5, 5.41) is 28.7. The summed E-state index contributed by atoms with van der Waals surface area (Å²) in [7, 11) is 0. The first-order valence-electron chi connectivity index (χ1n) is 4.50. The third-order valence-corrected chi connectivity index (χ3v) is 2.12. The molecule has 0 bridgehead atoms. The van der Waals surface area contributed by atoms with Crippen LogP contribution in [0.2, 0.25) is 0 Å². The van der Waals surface area contributed by atoms with Crippen LogP contribution in [0.25, 0.3) is 0 Å². The Morgan fingerprint density at radius 1 is 1.53 bits per heavy atom. The molecule has 8 heteroatoms. The lowest BCUT2D eigenvalue weighted by Gasteiger charge is -2.12. The van der Waals surface area contributed by atoms with E-state index in [2.05, 4.69) is 0 Å². The maximum atomic E-state index is 13.0. The van der Waals surface area contributed by atoms with E-state index in [9.17, 15) is 19.6 Å². The second-order valence-corrected chi connectivity index (χ2v) is 3.24. The number of phenolic OH excluding ortho intramolecular Hbond substituents is 1. The highest BCUT2D eigenvalue weighted by Gasteiger charge is 2.22. The zero-order valence-electron chi connectivity index (χ0n) is 8.67. The maximum absolute atomic E-state index is 13.0. The maximum Gasteiger partial charge on any atom is 0.313 e. The molecule has 0 radical (unpaired) electrons. The molecular formula is C9H12ClFN2O4. The summed E-state index contributed by atoms with van der Waals surface area (Å²) in [6.07, 6.45) is 0.0775. The molecule has 1 aromatic rings. The van der Waals surface area contributed by atoms with Crippen LogP contribution in [0.15, 0.2) is 12.1 Å². The van der Waals surface area contributed by atoms with Crippen LogP contribution in [0.4, 0.5) is 10.1 Å². The predicted octanol–water partition coefficient (Wildman–Crippen LogP) is 1.24. The van der Waals surface area contributed by atoms with Crippen LogP contribution in [0, 0.1) is 15.9 Å². The fourth-order valence-electron chi connectivity index (χ4n) is 1.32. The minimum Gasteiger partial charge on any atom is -0.502 e. The summed E-state index contributed by atoms with van der Waals surface area (Å²) in [5.74, 6) is -1.51. The van der Waals surface area contributed by atoms with Gasteiger partial charge in [0.2, 0.25) is 0 Å². The summed E-state index contributed by atoms with van der Waals surface area (Å²) in [4.78, 5) is 9.60. The molecule has 4 N–H and O–H groups in total. The van der Waals surface area contributed by atoms with Gasteiger partial charge in [-0.2, -0.15) is 0 Å². The molecule has 0 unspecified atom stereocenters. The van der Waals surface area contributed by atoms with Crippen molar-refractivity contribution >= 4 is 18.1 Å². The number of phenols is 1. The fraction of sp³-hybridized carbons (Fsp3) is 0.333. The van der Waals surface area contributed by atoms with Crippen molar-refractivity contribution in [1.29, 1.82) is 0 Å². The number of aliphatic hydroxyl groups is 1. The number of nitrogens with two attached hydrogens (primary N) is 1. The summed E-state index contributed by atoms with van der Waals surface area (Å²) in [5.41, 5.74) is 4.72. The zero-order chi connectivity index (χ0) is 12.3. The molecule has 0 aromatic heterocycles. The summed E-state index contributed by atoms with van der Waals surface area (Å²) in [6.45, 7) is -0.259. The molecule has 1 aromatic carbocycles. The Labute approximate surface area is 102 Å². The molecule has 0 saturated carbocycles. The Hall–Kier alpha value is -1.44. The Morgan fingerprint density at radius 2 is 2.12 bits per heavy atom. The summed E-state index contributed by atoms with van der Waals surface area (Å²) >= 11 is 0. The first kappa shape index (κ1) is 15.6. The lowest BCUT2D eigenvalue weighted by Crippen LogP contribution is -2.13. The molecule has 0 saturated heterocycles. The van der Waals surface area contributed by atoms with Gasteiger partial charge >= 0.3 is 5.69 Å². The molecule has 96 valence electrons. The van der Waals surface area contributed by atoms with E-state index in [0.29, 0.717) is 6.07 Å². The molecule has 0 aliphatic heterocycles. The summed E-state index contributed by atoms with van der Waals surface area (Å²) in [6, 6.07) is 0.687. The van der Waals surface area contributed by atoms with Crippen LogP contribution < -0.4 is 5.73 Å². The van der Waals surface area contributed by atoms with Crippen molar-refractivity contribution in [3.63, 3.8) is 0 Å². The number of nitro groups is 1. The topological polar surface area (TPSA) is 110 Å². The van der Waals surface area contributed by atoms with E-state index >= 15 is 0 Å². The van der Waals surface area contributed by atoms with Crippen LogP contribution in [0.5, 0.6) is 5.75 Å². The number of rotatable bonds is 4. The van der Waals surface area contributed by atoms with E-state index in [4.69, 9.17) is 10.8 Å². The second kappa shape index (κ2) is 6.33. The molecule has 1 rings (SSSR count). The van der Waals surface area contributed by atoms with Crippen LogP contribution in [-0.4, -0.2) is 21.7 Å². The van der Waals surface area contributed by atoms with Gasteiger partial charge in [-0.15, -0.1) is 12.4 Å². The van der Waals surface area contributed by atoms with Gasteiger partial charge in [0.15, 0.2) is 5.75 Å². The minimum absolute atomic E-state index is 0. The van der Waals surface area contributed by atoms with Crippen molar-refractivity contribution in [3.05, 3.63) is 33.6 Å². The molecule has 6 nitrogen and oxygen atoms in total. The largest absolute Gasteiger partial charge is 0.502 e. The number of hydrogen-bond donors (Lipinski definition) is 3. The number of aromatic hydroxyl groups is 1. The van der Waals surface area contributed by atoms with Crippen molar-refractivity contribution in [3.8, 4) is 5.75 Å². The van der Waals surface area contributed by atoms with Gasteiger partial charge in [0.25, 0.3) is 0 Å². The highest BCUT2D eigenvalue weighted by atomic mass is 35.5. The molecule has 0 fully saturated rings. The quantitative estimate of drug-likeness (QED) is 0.561. The Balaban J connectivity index is 0.00000256. The zero-order valence-corrected chi connectivity index (χ0v) is 9.48. The van der Waals surface area contributed by atoms with Crippen molar-refractivity contribution < 1.29 is 19.5 Å². The van der Waals surface area contributed by atoms with E-state index < -0.39 is 28.2 Å². The van der Waals surface area contributed by atoms with E-state index in [1.165, 1.54) is 0 Å². The van der Waals surface area contributed by atoms with Gasteiger partial charge in [-0.3, -0.25) is 10.1 Å². The molecule has 1 atom stereocenters. The fourth-order valence-corrected chi connectivity index (χ4v) is 1.32. The van der Waals surface area contributed by atoms with Crippen molar-refractivity contribution in [2.75, 3.05) is 6.61 Å². The number of halogens is 2. The number of aliphatic hydroxyl groups excluding tert-OH is 1. The predicted molar refractivity (Wildman–Crippen MR) is 60.6 cm³/mol. The minimum atomic E-state index is -0.895. The lowest BCUT2D eigenvalue weighted by atomic mass is 10.0. The van der Waals surface area contributed by atoms with Gasteiger partial charge in [-0.05, 0) is 12.5 Å². The molecule has 0 spiro atoms. The van der Waals surface area contributed by atoms with Crippen molar-refractivity contribution in [1.82, 2.24) is 0 Å². The first-order valence-corrected chi connectivity index (χ1v) is 4.50. The Morgan fingerprint density at radius 3 is 2.59 bits per heavy atom. The van der Waals surface area contributed by atoms with E-state index in [1.807, 2.05) is 0 Å². The monoisotopic (exact) mass is 266 g/mol. The molecular weight excluding hydrogens is 255 g/mol. The lowest BCUT2D eigenvalue weighted by molar-refractivity contribution is -0.386. The SMILES string of the molecule is Cl.N[C@@H](CCO)c1cc(F)cc([N+](=O)[O-])c1O. The van der Waals surface area contributed by atoms with Crippen LogP contribution >= 0.6 is 12.4 Å². The van der Waals surface area contributed by atoms with Gasteiger partial charge in [-0.25, -0.2) is 4.39 Å². The van der Waals surface area contributed by atoms with Gasteiger partial charge < -0.3 is 15.9 Å². The third-order valence-electron chi connectivity index (χ3n) is 2.12. The molecule has 0 aliphatic rings. The number of hydrogen-bond acceptors (Lipinski definition) is 5. The number of benzene rings is 1. The van der Waals surface area contributed by atoms with E-state index in [0.717, 1.165) is 6.07 Å². The smallest absolute Gasteiger partial charge is 0.313 e. The highest BCUT2D eigenvalue weighted by Crippen LogP contribution is 2.34. The van der Waals surface area contributed by atoms with E-state index in [-0.39, 0.29) is 31.0 Å². The first-order chi connectivity index (χ1) is 7.47.